The first-order valence-corrected chi connectivity index (χ1v) is 11.0. The summed E-state index contributed by atoms with van der Waals surface area (Å²) in [5, 5.41) is 11.5. The lowest BCUT2D eigenvalue weighted by Gasteiger charge is -2.27. The molecule has 0 spiro atoms. The lowest BCUT2D eigenvalue weighted by molar-refractivity contribution is -0.130. The number of carbonyl (C=O) groups is 2. The summed E-state index contributed by atoms with van der Waals surface area (Å²) in [5.74, 6) is -0.592. The van der Waals surface area contributed by atoms with E-state index < -0.39 is 23.5 Å². The number of carbonyl (C=O) groups excluding carboxylic acids is 2. The number of aliphatic hydroxyl groups excluding tert-OH is 1. The van der Waals surface area contributed by atoms with Crippen molar-refractivity contribution >= 4 is 22.7 Å². The van der Waals surface area contributed by atoms with Crippen LogP contribution in [0.5, 0.6) is 23.0 Å². The molecule has 4 rings (SSSR count). The van der Waals surface area contributed by atoms with Crippen LogP contribution in [0.2, 0.25) is 0 Å². The lowest BCUT2D eigenvalue weighted by Crippen LogP contribution is -2.34. The van der Waals surface area contributed by atoms with E-state index in [0.717, 1.165) is 0 Å². The van der Waals surface area contributed by atoms with Crippen LogP contribution in [0.25, 0.3) is 11.0 Å². The van der Waals surface area contributed by atoms with E-state index in [0.29, 0.717) is 39.5 Å². The number of fused-ring (bicyclic) bond motifs is 1. The van der Waals surface area contributed by atoms with Gasteiger partial charge in [0.1, 0.15) is 0 Å². The number of methoxy groups -OCH3 is 5. The summed E-state index contributed by atoms with van der Waals surface area (Å²) in [7, 11) is 7.39. The summed E-state index contributed by atoms with van der Waals surface area (Å²) >= 11 is 0. The maximum Gasteiger partial charge on any atom is 0.290 e. The highest BCUT2D eigenvalue weighted by atomic mass is 16.5. The smallest absolute Gasteiger partial charge is 0.290 e. The zero-order valence-electron chi connectivity index (χ0n) is 20.6. The summed E-state index contributed by atoms with van der Waals surface area (Å²) in [5.41, 5.74) is 0.715. The number of rotatable bonds is 10. The summed E-state index contributed by atoms with van der Waals surface area (Å²) in [4.78, 5) is 28.2. The van der Waals surface area contributed by atoms with Gasteiger partial charge in [0.25, 0.3) is 5.91 Å². The number of hydrogen-bond donors (Lipinski definition) is 1. The van der Waals surface area contributed by atoms with Gasteiger partial charge in [0.2, 0.25) is 11.5 Å². The lowest BCUT2D eigenvalue weighted by atomic mass is 9.94. The van der Waals surface area contributed by atoms with Crippen molar-refractivity contribution in [1.29, 1.82) is 0 Å². The molecule has 0 aliphatic carbocycles. The molecule has 10 heteroatoms. The van der Waals surface area contributed by atoms with Gasteiger partial charge in [-0.05, 0) is 29.8 Å². The minimum atomic E-state index is -0.969. The Morgan fingerprint density at radius 3 is 2.22 bits per heavy atom. The largest absolute Gasteiger partial charge is 0.503 e. The van der Waals surface area contributed by atoms with E-state index in [1.54, 1.807) is 36.4 Å². The number of ketones is 1. The second-order valence-electron chi connectivity index (χ2n) is 7.93. The average Bonchev–Trinajstić information content (AvgIpc) is 3.45. The van der Waals surface area contributed by atoms with Crippen LogP contribution in [0.15, 0.2) is 52.1 Å². The third-order valence-electron chi connectivity index (χ3n) is 6.04. The van der Waals surface area contributed by atoms with Crippen molar-refractivity contribution < 1.29 is 42.8 Å². The Balaban J connectivity index is 1.88. The van der Waals surface area contributed by atoms with Crippen molar-refractivity contribution in [3.63, 3.8) is 0 Å². The van der Waals surface area contributed by atoms with Crippen molar-refractivity contribution in [2.24, 2.45) is 0 Å². The molecular formula is C26H27NO9. The number of furan rings is 1. The molecule has 10 nitrogen and oxygen atoms in total. The maximum absolute atomic E-state index is 13.8. The molecule has 0 bridgehead atoms. The normalized spacial score (nSPS) is 15.5. The average molecular weight is 498 g/mol. The standard InChI is InChI=1S/C26H27NO9/c1-31-10-9-27-21(15-12-18(33-3)25(35-5)19(13-15)34-4)20(23(29)26(27)30)22(28)17-11-14-7-6-8-16(32-2)24(14)36-17/h6-8,11-13,21,29H,9-10H2,1-5H3. The number of para-hydroxylation sites is 1. The van der Waals surface area contributed by atoms with Crippen LogP contribution < -0.4 is 18.9 Å². The van der Waals surface area contributed by atoms with Crippen LogP contribution >= 0.6 is 0 Å². The van der Waals surface area contributed by atoms with Crippen LogP contribution in [-0.4, -0.2) is 70.4 Å². The van der Waals surface area contributed by atoms with Crippen molar-refractivity contribution in [2.45, 2.75) is 6.04 Å². The molecule has 1 aliphatic heterocycles. The van der Waals surface area contributed by atoms with Crippen molar-refractivity contribution in [3.8, 4) is 23.0 Å². The molecule has 36 heavy (non-hydrogen) atoms. The maximum atomic E-state index is 13.8. The number of amides is 1. The monoisotopic (exact) mass is 497 g/mol. The van der Waals surface area contributed by atoms with Crippen LogP contribution in [0.4, 0.5) is 0 Å². The van der Waals surface area contributed by atoms with Crippen molar-refractivity contribution in [1.82, 2.24) is 4.90 Å². The summed E-state index contributed by atoms with van der Waals surface area (Å²) in [6.07, 6.45) is 0. The van der Waals surface area contributed by atoms with Gasteiger partial charge in [0.15, 0.2) is 34.4 Å². The zero-order valence-corrected chi connectivity index (χ0v) is 20.6. The number of aliphatic hydroxyl groups is 1. The van der Waals surface area contributed by atoms with Gasteiger partial charge in [-0.1, -0.05) is 12.1 Å². The van der Waals surface area contributed by atoms with Crippen molar-refractivity contribution in [2.75, 3.05) is 48.7 Å². The molecule has 3 aromatic rings. The highest BCUT2D eigenvalue weighted by molar-refractivity contribution is 6.16. The van der Waals surface area contributed by atoms with E-state index >= 15 is 0 Å². The van der Waals surface area contributed by atoms with Gasteiger partial charge in [-0.15, -0.1) is 0 Å². The molecule has 1 atom stereocenters. The molecular weight excluding hydrogens is 470 g/mol. The SMILES string of the molecule is COCCN1C(=O)C(O)=C(C(=O)c2cc3cccc(OC)c3o2)C1c1cc(OC)c(OC)c(OC)c1. The fraction of sp³-hybridized carbons (Fsp3) is 0.308. The van der Waals surface area contributed by atoms with E-state index in [1.807, 2.05) is 0 Å². The first-order chi connectivity index (χ1) is 17.4. The molecule has 0 fully saturated rings. The third kappa shape index (κ3) is 4.09. The summed E-state index contributed by atoms with van der Waals surface area (Å²) < 4.78 is 32.7. The fourth-order valence-electron chi connectivity index (χ4n) is 4.35. The van der Waals surface area contributed by atoms with Crippen LogP contribution in [0, 0.1) is 0 Å². The van der Waals surface area contributed by atoms with Gasteiger partial charge in [-0.3, -0.25) is 9.59 Å². The molecule has 190 valence electrons. The Morgan fingerprint density at radius 1 is 0.972 bits per heavy atom. The Morgan fingerprint density at radius 2 is 1.64 bits per heavy atom. The molecule has 1 amide bonds. The van der Waals surface area contributed by atoms with E-state index in [4.69, 9.17) is 28.1 Å². The Labute approximate surface area is 207 Å². The second kappa shape index (κ2) is 10.2. The van der Waals surface area contributed by atoms with Gasteiger partial charge in [0.05, 0.1) is 46.7 Å². The number of Topliss-reactive ketones (excluding diaryl/α,β-unsaturated/α-hetero) is 1. The predicted molar refractivity (Wildman–Crippen MR) is 129 cm³/mol. The quantitative estimate of drug-likeness (QED) is 0.419. The van der Waals surface area contributed by atoms with Gasteiger partial charge in [-0.2, -0.15) is 0 Å². The van der Waals surface area contributed by atoms with Gasteiger partial charge >= 0.3 is 0 Å². The minimum absolute atomic E-state index is 0.0464. The molecule has 1 aliphatic rings. The first kappa shape index (κ1) is 24.9. The summed E-state index contributed by atoms with van der Waals surface area (Å²) in [6, 6.07) is 9.10. The van der Waals surface area contributed by atoms with Crippen LogP contribution in [0.1, 0.15) is 22.2 Å². The predicted octanol–water partition coefficient (Wildman–Crippen LogP) is 3.69. The van der Waals surface area contributed by atoms with Gasteiger partial charge in [0, 0.05) is 19.0 Å². The number of hydrogen-bond acceptors (Lipinski definition) is 9. The van der Waals surface area contributed by atoms with Crippen LogP contribution in [-0.2, 0) is 9.53 Å². The Bertz CT molecular complexity index is 1320. The van der Waals surface area contributed by atoms with Gasteiger partial charge < -0.3 is 38.1 Å². The zero-order chi connectivity index (χ0) is 26.0. The van der Waals surface area contributed by atoms with E-state index in [2.05, 4.69) is 0 Å². The Hall–Kier alpha value is -4.18. The number of benzene rings is 2. The second-order valence-corrected chi connectivity index (χ2v) is 7.93. The molecule has 1 N–H and O–H groups in total. The third-order valence-corrected chi connectivity index (χ3v) is 6.04. The van der Waals surface area contributed by atoms with Crippen LogP contribution in [0.3, 0.4) is 0 Å². The topological polar surface area (TPSA) is 117 Å². The fourth-order valence-corrected chi connectivity index (χ4v) is 4.35. The van der Waals surface area contributed by atoms with E-state index in [-0.39, 0.29) is 24.5 Å². The minimum Gasteiger partial charge on any atom is -0.503 e. The molecule has 2 aromatic carbocycles. The highest BCUT2D eigenvalue weighted by Gasteiger charge is 2.45. The van der Waals surface area contributed by atoms with Gasteiger partial charge in [-0.25, -0.2) is 0 Å². The van der Waals surface area contributed by atoms with E-state index in [1.165, 1.54) is 40.4 Å². The number of ether oxygens (including phenoxy) is 5. The summed E-state index contributed by atoms with van der Waals surface area (Å²) in [6.45, 7) is 0.300. The van der Waals surface area contributed by atoms with Crippen molar-refractivity contribution in [3.05, 3.63) is 59.1 Å². The number of nitrogens with zero attached hydrogens (tertiary/aromatic N) is 1. The molecule has 2 heterocycles. The van der Waals surface area contributed by atoms with E-state index in [9.17, 15) is 14.7 Å². The first-order valence-electron chi connectivity index (χ1n) is 11.0. The highest BCUT2D eigenvalue weighted by Crippen LogP contribution is 2.45. The molecule has 1 unspecified atom stereocenters. The molecule has 0 radical (unpaired) electrons. The molecule has 1 aromatic heterocycles. The Kier molecular flexibility index (Phi) is 7.07. The molecule has 0 saturated heterocycles. The molecule has 0 saturated carbocycles.